The molecular formula is C18H22F3N7O4S. The first-order valence-corrected chi connectivity index (χ1v) is 11.2. The van der Waals surface area contributed by atoms with Crippen LogP contribution < -0.4 is 4.90 Å². The number of imidazole rings is 1. The van der Waals surface area contributed by atoms with E-state index in [1.165, 1.54) is 12.1 Å². The van der Waals surface area contributed by atoms with Gasteiger partial charge in [0.1, 0.15) is 18.0 Å². The van der Waals surface area contributed by atoms with Crippen LogP contribution in [0, 0.1) is 6.57 Å². The summed E-state index contributed by atoms with van der Waals surface area (Å²) in [5.74, 6) is -3.83. The first kappa shape index (κ1) is 26.2. The molecule has 0 spiro atoms. The molecule has 0 radical (unpaired) electrons. The molecule has 1 N–H and O–H groups in total. The van der Waals surface area contributed by atoms with Gasteiger partial charge >= 0.3 is 11.7 Å². The first-order valence-electron chi connectivity index (χ1n) is 9.67. The largest absolute Gasteiger partial charge is 0.372 e. The summed E-state index contributed by atoms with van der Waals surface area (Å²) < 4.78 is 57.2. The molecule has 0 saturated carbocycles. The summed E-state index contributed by atoms with van der Waals surface area (Å²) in [4.78, 5) is 21.4. The molecule has 0 aliphatic heterocycles. The highest BCUT2D eigenvalue weighted by Gasteiger charge is 2.26. The third-order valence-corrected chi connectivity index (χ3v) is 5.22. The van der Waals surface area contributed by atoms with Crippen LogP contribution in [0.25, 0.3) is 4.85 Å². The summed E-state index contributed by atoms with van der Waals surface area (Å²) in [6.45, 7) is 14.0. The van der Waals surface area contributed by atoms with Crippen molar-refractivity contribution in [3.8, 4) is 0 Å². The quantitative estimate of drug-likeness (QED) is 0.132. The van der Waals surface area contributed by atoms with Crippen LogP contribution in [-0.2, 0) is 30.8 Å². The maximum absolute atomic E-state index is 13.1. The lowest BCUT2D eigenvalue weighted by atomic mass is 10.2. The van der Waals surface area contributed by atoms with Crippen molar-refractivity contribution in [1.29, 1.82) is 0 Å². The first-order chi connectivity index (χ1) is 15.8. The lowest BCUT2D eigenvalue weighted by Gasteiger charge is -2.21. The van der Waals surface area contributed by atoms with Crippen molar-refractivity contribution >= 4 is 38.8 Å². The second-order valence-electron chi connectivity index (χ2n) is 6.12. The zero-order valence-corrected chi connectivity index (χ0v) is 18.8. The Kier molecular flexibility index (Phi) is 9.73. The number of benzene rings is 1. The van der Waals surface area contributed by atoms with Gasteiger partial charge in [-0.15, -0.1) is 5.11 Å². The number of hydrogen-bond donors (Lipinski definition) is 1. The number of anilines is 1. The van der Waals surface area contributed by atoms with E-state index in [4.69, 9.17) is 16.3 Å². The van der Waals surface area contributed by atoms with Crippen molar-refractivity contribution in [2.24, 2.45) is 14.6 Å². The number of rotatable bonds is 12. The Hall–Kier alpha value is -3.06. The van der Waals surface area contributed by atoms with Crippen molar-refractivity contribution < 1.29 is 31.7 Å². The number of nitrogens with zero attached hydrogens (tertiary/aromatic N) is 6. The second kappa shape index (κ2) is 12.3. The number of aromatic amines is 1. The molecule has 33 heavy (non-hydrogen) atoms. The predicted octanol–water partition coefficient (Wildman–Crippen LogP) is 5.83. The minimum Gasteiger partial charge on any atom is -0.372 e. The van der Waals surface area contributed by atoms with Crippen molar-refractivity contribution in [2.75, 3.05) is 24.6 Å². The Bertz CT molecular complexity index is 1120. The number of alkyl halides is 2. The Morgan fingerprint density at radius 2 is 1.94 bits per heavy atom. The molecule has 2 aromatic rings. The van der Waals surface area contributed by atoms with Crippen LogP contribution in [0.2, 0.25) is 0 Å². The van der Waals surface area contributed by atoms with E-state index in [1.807, 2.05) is 18.7 Å². The van der Waals surface area contributed by atoms with Crippen LogP contribution >= 0.6 is 0 Å². The van der Waals surface area contributed by atoms with Gasteiger partial charge in [-0.2, -0.15) is 13.1 Å². The van der Waals surface area contributed by atoms with Gasteiger partial charge in [0.15, 0.2) is 0 Å². The number of azo groups is 1. The summed E-state index contributed by atoms with van der Waals surface area (Å²) in [6.07, 6.45) is 0. The number of hydrogen-bond acceptors (Lipinski definition) is 9. The molecule has 0 aliphatic rings. The zero-order valence-electron chi connectivity index (χ0n) is 18.0. The minimum atomic E-state index is -4.97. The maximum atomic E-state index is 13.1. The fraction of sp³-hybridized carbons (Fsp3) is 0.444. The van der Waals surface area contributed by atoms with E-state index in [-0.39, 0.29) is 35.4 Å². The van der Waals surface area contributed by atoms with E-state index in [0.29, 0.717) is 25.4 Å². The van der Waals surface area contributed by atoms with Gasteiger partial charge in [-0.05, 0) is 43.5 Å². The maximum Gasteiger partial charge on any atom is 0.345 e. The van der Waals surface area contributed by atoms with Gasteiger partial charge in [-0.3, -0.25) is 0 Å². The summed E-state index contributed by atoms with van der Waals surface area (Å²) >= 11 is 0. The number of H-pyrrole nitrogens is 1. The smallest absolute Gasteiger partial charge is 0.345 e. The van der Waals surface area contributed by atoms with Gasteiger partial charge in [-0.1, -0.05) is 21.1 Å². The Morgan fingerprint density at radius 3 is 2.52 bits per heavy atom. The molecule has 11 nitrogen and oxygen atoms in total. The van der Waals surface area contributed by atoms with E-state index in [1.54, 1.807) is 13.0 Å². The van der Waals surface area contributed by atoms with Crippen LogP contribution in [0.3, 0.4) is 0 Å². The molecule has 0 saturated heterocycles. The fourth-order valence-corrected chi connectivity index (χ4v) is 3.17. The zero-order chi connectivity index (χ0) is 24.4. The predicted molar refractivity (Wildman–Crippen MR) is 114 cm³/mol. The molecule has 180 valence electrons. The van der Waals surface area contributed by atoms with Crippen molar-refractivity contribution in [3.05, 3.63) is 35.3 Å². The Labute approximate surface area is 188 Å². The van der Waals surface area contributed by atoms with E-state index in [0.717, 1.165) is 0 Å². The van der Waals surface area contributed by atoms with Crippen molar-refractivity contribution in [1.82, 2.24) is 9.97 Å². The van der Waals surface area contributed by atoms with Gasteiger partial charge in [0.05, 0.1) is 12.3 Å². The Balaban J connectivity index is 2.49. The minimum absolute atomic E-state index is 0.0306. The van der Waals surface area contributed by atoms with Crippen molar-refractivity contribution in [2.45, 2.75) is 33.1 Å². The summed E-state index contributed by atoms with van der Waals surface area (Å²) in [5, 5.41) is 7.73. The highest BCUT2D eigenvalue weighted by atomic mass is 32.2. The SMILES string of the molecule is [C-]#[N+]c1nc(N=Nc2ccc(N(CC)CC)cc2N=S(=O)(OF)C(F)F)[nH]c1COOCC. The third-order valence-electron chi connectivity index (χ3n) is 4.14. The van der Waals surface area contributed by atoms with Gasteiger partial charge < -0.3 is 14.7 Å². The summed E-state index contributed by atoms with van der Waals surface area (Å²) in [5.41, 5.74) is 0.393. The molecule has 15 heteroatoms. The van der Waals surface area contributed by atoms with Crippen LogP contribution in [0.1, 0.15) is 26.5 Å². The molecule has 1 aromatic carbocycles. The van der Waals surface area contributed by atoms with E-state index >= 15 is 0 Å². The molecule has 1 aromatic heterocycles. The number of nitrogens with one attached hydrogen (secondary N) is 1. The number of halogens is 3. The molecule has 1 heterocycles. The van der Waals surface area contributed by atoms with Gasteiger partial charge in [0, 0.05) is 18.8 Å². The van der Waals surface area contributed by atoms with Gasteiger partial charge in [0.2, 0.25) is 0 Å². The van der Waals surface area contributed by atoms with Crippen LogP contribution in [0.15, 0.2) is 32.8 Å². The molecule has 0 bridgehead atoms. The van der Waals surface area contributed by atoms with Crippen LogP contribution in [0.4, 0.5) is 42.1 Å². The average Bonchev–Trinajstić information content (AvgIpc) is 3.21. The van der Waals surface area contributed by atoms with E-state index in [2.05, 4.69) is 33.8 Å². The monoisotopic (exact) mass is 489 g/mol. The average molecular weight is 489 g/mol. The highest BCUT2D eigenvalue weighted by molar-refractivity contribution is 7.89. The summed E-state index contributed by atoms with van der Waals surface area (Å²) in [6, 6.07) is 4.32. The number of aromatic nitrogens is 2. The molecule has 0 fully saturated rings. The van der Waals surface area contributed by atoms with E-state index in [9.17, 15) is 17.5 Å². The molecule has 0 aliphatic carbocycles. The lowest BCUT2D eigenvalue weighted by molar-refractivity contribution is -0.301. The second-order valence-corrected chi connectivity index (χ2v) is 7.81. The van der Waals surface area contributed by atoms with Crippen molar-refractivity contribution in [3.63, 3.8) is 0 Å². The standard InChI is InChI=1S/C18H22F3N7O4S/c1-5-28(6-2)12-8-9-13(14(10-12)27-33(29,32-21)17(19)20)25-26-18-23-15(11-31-30-7-3)16(22-4)24-18/h8-10,17H,5-7,11H2,1-3H3,(H,23,24). The highest BCUT2D eigenvalue weighted by Crippen LogP contribution is 2.36. The van der Waals surface area contributed by atoms with Crippen LogP contribution in [-0.4, -0.2) is 39.6 Å². The molecule has 1 unspecified atom stereocenters. The third kappa shape index (κ3) is 6.71. The van der Waals surface area contributed by atoms with E-state index < -0.39 is 15.8 Å². The Morgan fingerprint density at radius 1 is 1.21 bits per heavy atom. The molecule has 2 rings (SSSR count). The molecular weight excluding hydrogens is 467 g/mol. The molecule has 1 atom stereocenters. The topological polar surface area (TPSA) is 118 Å². The summed E-state index contributed by atoms with van der Waals surface area (Å²) in [7, 11) is -4.97. The lowest BCUT2D eigenvalue weighted by Crippen LogP contribution is -2.21. The van der Waals surface area contributed by atoms with Crippen LogP contribution in [0.5, 0.6) is 0 Å². The normalized spacial score (nSPS) is 13.3. The fourth-order valence-electron chi connectivity index (χ4n) is 2.59. The van der Waals surface area contributed by atoms with Gasteiger partial charge in [-0.25, -0.2) is 14.0 Å². The van der Waals surface area contributed by atoms with Gasteiger partial charge in [0.25, 0.3) is 15.8 Å². The molecule has 0 amide bonds.